The molecule has 0 saturated carbocycles. The van der Waals surface area contributed by atoms with Crippen molar-refractivity contribution in [2.24, 2.45) is 0 Å². The first kappa shape index (κ1) is 22.3. The zero-order valence-corrected chi connectivity index (χ0v) is 16.8. The van der Waals surface area contributed by atoms with Gasteiger partial charge in [0.25, 0.3) is 0 Å². The Labute approximate surface area is 169 Å². The normalized spacial score (nSPS) is 10.8. The summed E-state index contributed by atoms with van der Waals surface area (Å²) in [6.45, 7) is 2.00. The molecule has 154 valence electrons. The number of aliphatic hydroxyl groups is 2. The van der Waals surface area contributed by atoms with Gasteiger partial charge in [0.05, 0.1) is 13.2 Å². The molecule has 2 N–H and O–H groups in total. The van der Waals surface area contributed by atoms with Crippen molar-refractivity contribution in [2.75, 3.05) is 26.4 Å². The zero-order valence-electron chi connectivity index (χ0n) is 16.8. The van der Waals surface area contributed by atoms with Gasteiger partial charge in [-0.05, 0) is 73.9 Å². The Morgan fingerprint density at radius 1 is 0.464 bits per heavy atom. The maximum atomic E-state index is 8.77. The Kier molecular flexibility index (Phi) is 11.1. The first-order chi connectivity index (χ1) is 13.8. The lowest BCUT2D eigenvalue weighted by molar-refractivity contribution is 0.273. The summed E-state index contributed by atoms with van der Waals surface area (Å²) in [4.78, 5) is 0. The Morgan fingerprint density at radius 3 is 1.18 bits per heavy atom. The number of unbranched alkanes of at least 4 members (excludes halogenated alkanes) is 6. The van der Waals surface area contributed by atoms with E-state index < -0.39 is 0 Å². The van der Waals surface area contributed by atoms with Gasteiger partial charge in [-0.2, -0.15) is 0 Å². The van der Waals surface area contributed by atoms with Crippen LogP contribution in [0.25, 0.3) is 11.1 Å². The molecule has 4 heteroatoms. The minimum atomic E-state index is 0.279. The van der Waals surface area contributed by atoms with Crippen LogP contribution in [0.15, 0.2) is 48.5 Å². The molecular formula is C24H34O4. The van der Waals surface area contributed by atoms with Gasteiger partial charge in [0, 0.05) is 13.2 Å². The van der Waals surface area contributed by atoms with Gasteiger partial charge < -0.3 is 19.7 Å². The summed E-state index contributed by atoms with van der Waals surface area (Å²) in [5.41, 5.74) is 2.32. The van der Waals surface area contributed by atoms with E-state index in [4.69, 9.17) is 19.7 Å². The summed E-state index contributed by atoms with van der Waals surface area (Å²) < 4.78 is 11.6. The molecule has 0 aromatic heterocycles. The molecule has 0 aliphatic heterocycles. The first-order valence-electron chi connectivity index (χ1n) is 10.5. The molecular weight excluding hydrogens is 352 g/mol. The van der Waals surface area contributed by atoms with Gasteiger partial charge in [0.2, 0.25) is 0 Å². The van der Waals surface area contributed by atoms with Gasteiger partial charge in [0.1, 0.15) is 11.5 Å². The molecule has 0 spiro atoms. The minimum Gasteiger partial charge on any atom is -0.494 e. The van der Waals surface area contributed by atoms with Crippen LogP contribution in [0.3, 0.4) is 0 Å². The number of hydrogen-bond donors (Lipinski definition) is 2. The van der Waals surface area contributed by atoms with Gasteiger partial charge in [-0.25, -0.2) is 0 Å². The van der Waals surface area contributed by atoms with E-state index in [0.29, 0.717) is 0 Å². The quantitative estimate of drug-likeness (QED) is 0.412. The maximum absolute atomic E-state index is 8.77. The number of rotatable bonds is 15. The highest BCUT2D eigenvalue weighted by Crippen LogP contribution is 2.25. The van der Waals surface area contributed by atoms with Crippen LogP contribution in [0.5, 0.6) is 11.5 Å². The molecule has 0 heterocycles. The van der Waals surface area contributed by atoms with Gasteiger partial charge in [-0.3, -0.25) is 0 Å². The molecule has 2 aromatic carbocycles. The van der Waals surface area contributed by atoms with E-state index in [1.807, 2.05) is 24.3 Å². The second-order valence-electron chi connectivity index (χ2n) is 7.02. The Morgan fingerprint density at radius 2 is 0.821 bits per heavy atom. The smallest absolute Gasteiger partial charge is 0.119 e. The predicted molar refractivity (Wildman–Crippen MR) is 114 cm³/mol. The Bertz CT molecular complexity index is 565. The van der Waals surface area contributed by atoms with Crippen molar-refractivity contribution in [3.05, 3.63) is 48.5 Å². The summed E-state index contributed by atoms with van der Waals surface area (Å²) in [5, 5.41) is 17.5. The third-order valence-electron chi connectivity index (χ3n) is 4.68. The highest BCUT2D eigenvalue weighted by molar-refractivity contribution is 5.64. The molecule has 0 unspecified atom stereocenters. The van der Waals surface area contributed by atoms with E-state index in [2.05, 4.69) is 24.3 Å². The molecule has 0 atom stereocenters. The van der Waals surface area contributed by atoms with Crippen LogP contribution in [0.2, 0.25) is 0 Å². The SMILES string of the molecule is OCCCCCCOc1ccc(-c2ccc(OCCCCCCO)cc2)cc1. The van der Waals surface area contributed by atoms with Crippen LogP contribution in [-0.2, 0) is 0 Å². The number of aliphatic hydroxyl groups excluding tert-OH is 2. The fourth-order valence-electron chi connectivity index (χ4n) is 3.00. The maximum Gasteiger partial charge on any atom is 0.119 e. The second-order valence-corrected chi connectivity index (χ2v) is 7.02. The highest BCUT2D eigenvalue weighted by atomic mass is 16.5. The molecule has 0 aliphatic rings. The average molecular weight is 387 g/mol. The molecule has 28 heavy (non-hydrogen) atoms. The van der Waals surface area contributed by atoms with Crippen molar-refractivity contribution in [2.45, 2.75) is 51.4 Å². The molecule has 0 radical (unpaired) electrons. The van der Waals surface area contributed by atoms with Crippen molar-refractivity contribution in [3.8, 4) is 22.6 Å². The molecule has 2 rings (SSSR count). The van der Waals surface area contributed by atoms with Gasteiger partial charge in [-0.1, -0.05) is 37.1 Å². The first-order valence-corrected chi connectivity index (χ1v) is 10.5. The summed E-state index contributed by atoms with van der Waals surface area (Å²) in [6, 6.07) is 16.4. The zero-order chi connectivity index (χ0) is 19.9. The number of ether oxygens (including phenoxy) is 2. The van der Waals surface area contributed by atoms with E-state index in [1.54, 1.807) is 0 Å². The molecule has 0 saturated heterocycles. The molecule has 0 fully saturated rings. The van der Waals surface area contributed by atoms with Gasteiger partial charge in [0.15, 0.2) is 0 Å². The third-order valence-corrected chi connectivity index (χ3v) is 4.68. The Balaban J connectivity index is 1.71. The summed E-state index contributed by atoms with van der Waals surface area (Å²) in [5.74, 6) is 1.79. The van der Waals surface area contributed by atoms with Crippen LogP contribution in [-0.4, -0.2) is 36.6 Å². The lowest BCUT2D eigenvalue weighted by Crippen LogP contribution is -1.98. The van der Waals surface area contributed by atoms with Crippen LogP contribution in [0, 0.1) is 0 Å². The summed E-state index contributed by atoms with van der Waals surface area (Å²) in [7, 11) is 0. The van der Waals surface area contributed by atoms with Crippen molar-refractivity contribution >= 4 is 0 Å². The van der Waals surface area contributed by atoms with E-state index >= 15 is 0 Å². The van der Waals surface area contributed by atoms with Crippen molar-refractivity contribution in [1.82, 2.24) is 0 Å². The van der Waals surface area contributed by atoms with Crippen molar-refractivity contribution in [1.29, 1.82) is 0 Å². The van der Waals surface area contributed by atoms with Crippen LogP contribution < -0.4 is 9.47 Å². The Hall–Kier alpha value is -2.04. The molecule has 0 bridgehead atoms. The molecule has 0 amide bonds. The van der Waals surface area contributed by atoms with Gasteiger partial charge >= 0.3 is 0 Å². The van der Waals surface area contributed by atoms with E-state index in [9.17, 15) is 0 Å². The summed E-state index contributed by atoms with van der Waals surface area (Å²) >= 11 is 0. The van der Waals surface area contributed by atoms with Crippen molar-refractivity contribution in [3.63, 3.8) is 0 Å². The topological polar surface area (TPSA) is 58.9 Å². The van der Waals surface area contributed by atoms with E-state index in [1.165, 1.54) is 0 Å². The molecule has 2 aromatic rings. The molecule has 4 nitrogen and oxygen atoms in total. The fourth-order valence-corrected chi connectivity index (χ4v) is 3.00. The van der Waals surface area contributed by atoms with Crippen LogP contribution in [0.1, 0.15) is 51.4 Å². The molecule has 0 aliphatic carbocycles. The van der Waals surface area contributed by atoms with E-state index in [0.717, 1.165) is 87.2 Å². The number of benzene rings is 2. The average Bonchev–Trinajstić information content (AvgIpc) is 2.74. The van der Waals surface area contributed by atoms with Crippen LogP contribution >= 0.6 is 0 Å². The van der Waals surface area contributed by atoms with Crippen LogP contribution in [0.4, 0.5) is 0 Å². The third kappa shape index (κ3) is 8.77. The van der Waals surface area contributed by atoms with E-state index in [-0.39, 0.29) is 13.2 Å². The second kappa shape index (κ2) is 14.0. The minimum absolute atomic E-state index is 0.279. The fraction of sp³-hybridized carbons (Fsp3) is 0.500. The summed E-state index contributed by atoms with van der Waals surface area (Å²) in [6.07, 6.45) is 8.09. The monoisotopic (exact) mass is 386 g/mol. The predicted octanol–water partition coefficient (Wildman–Crippen LogP) is 5.22. The number of hydrogen-bond acceptors (Lipinski definition) is 4. The lowest BCUT2D eigenvalue weighted by Gasteiger charge is -2.09. The highest BCUT2D eigenvalue weighted by Gasteiger charge is 2.01. The largest absolute Gasteiger partial charge is 0.494 e. The lowest BCUT2D eigenvalue weighted by atomic mass is 10.1. The van der Waals surface area contributed by atoms with Crippen molar-refractivity contribution < 1.29 is 19.7 Å². The van der Waals surface area contributed by atoms with Gasteiger partial charge in [-0.15, -0.1) is 0 Å². The standard InChI is InChI=1S/C24H34O4/c25-17-5-1-3-7-19-27-23-13-9-21(10-14-23)22-11-15-24(16-12-22)28-20-8-4-2-6-18-26/h9-16,25-26H,1-8,17-20H2.